The molecule has 0 aliphatic heterocycles. The number of amides is 1. The molecular weight excluding hydrogens is 245 g/mol. The minimum atomic E-state index is -5.08. The summed E-state index contributed by atoms with van der Waals surface area (Å²) in [5.41, 5.74) is 4.72. The van der Waals surface area contributed by atoms with E-state index < -0.39 is 18.2 Å². The van der Waals surface area contributed by atoms with Crippen LogP contribution in [0.25, 0.3) is 0 Å². The standard InChI is InChI=1S/C6H6N2O2.C2HF3O2/c7-6(9)10-5-3-1-2-4-8-5;3-2(4,5)1(6)7/h1-4H,(H2,7,9);(H,6,7). The van der Waals surface area contributed by atoms with Crippen LogP contribution in [0.5, 0.6) is 5.88 Å². The van der Waals surface area contributed by atoms with Gasteiger partial charge in [0.15, 0.2) is 0 Å². The molecule has 1 rings (SSSR count). The van der Waals surface area contributed by atoms with Crippen molar-refractivity contribution >= 4 is 12.1 Å². The molecular formula is C8H7F3N2O4. The summed E-state index contributed by atoms with van der Waals surface area (Å²) in [6, 6.07) is 4.96. The van der Waals surface area contributed by atoms with Crippen LogP contribution in [0.4, 0.5) is 18.0 Å². The maximum atomic E-state index is 10.6. The molecule has 0 spiro atoms. The Morgan fingerprint density at radius 1 is 1.35 bits per heavy atom. The number of aliphatic carboxylic acids is 1. The molecule has 17 heavy (non-hydrogen) atoms. The zero-order valence-corrected chi connectivity index (χ0v) is 8.14. The number of alkyl halides is 3. The fraction of sp³-hybridized carbons (Fsp3) is 0.125. The van der Waals surface area contributed by atoms with Crippen LogP contribution in [0, 0.1) is 0 Å². The third kappa shape index (κ3) is 7.59. The number of primary amides is 1. The molecule has 1 aromatic rings. The number of ether oxygens (including phenoxy) is 1. The van der Waals surface area contributed by atoms with E-state index in [4.69, 9.17) is 15.6 Å². The van der Waals surface area contributed by atoms with Gasteiger partial charge in [0.25, 0.3) is 0 Å². The van der Waals surface area contributed by atoms with Crippen LogP contribution in [0.1, 0.15) is 0 Å². The molecule has 0 atom stereocenters. The van der Waals surface area contributed by atoms with E-state index in [0.29, 0.717) is 0 Å². The highest BCUT2D eigenvalue weighted by Crippen LogP contribution is 2.13. The molecule has 0 bridgehead atoms. The number of hydrogen-bond acceptors (Lipinski definition) is 4. The maximum absolute atomic E-state index is 10.6. The van der Waals surface area contributed by atoms with Gasteiger partial charge < -0.3 is 15.6 Å². The van der Waals surface area contributed by atoms with Gasteiger partial charge in [-0.25, -0.2) is 14.6 Å². The Morgan fingerprint density at radius 2 is 1.88 bits per heavy atom. The van der Waals surface area contributed by atoms with Crippen LogP contribution >= 0.6 is 0 Å². The Morgan fingerprint density at radius 3 is 2.18 bits per heavy atom. The summed E-state index contributed by atoms with van der Waals surface area (Å²) in [7, 11) is 0. The average Bonchev–Trinajstić information content (AvgIpc) is 2.17. The first-order valence-corrected chi connectivity index (χ1v) is 3.92. The molecule has 1 aromatic heterocycles. The van der Waals surface area contributed by atoms with Crippen molar-refractivity contribution < 1.29 is 32.6 Å². The smallest absolute Gasteiger partial charge is 0.475 e. The van der Waals surface area contributed by atoms with Crippen molar-refractivity contribution in [2.45, 2.75) is 6.18 Å². The number of aromatic nitrogens is 1. The van der Waals surface area contributed by atoms with E-state index in [1.54, 1.807) is 18.2 Å². The topological polar surface area (TPSA) is 103 Å². The minimum absolute atomic E-state index is 0.218. The molecule has 0 aliphatic carbocycles. The number of nitrogens with two attached hydrogens (primary N) is 1. The van der Waals surface area contributed by atoms with Crippen LogP contribution in [0.2, 0.25) is 0 Å². The van der Waals surface area contributed by atoms with E-state index in [-0.39, 0.29) is 5.88 Å². The zero-order valence-electron chi connectivity index (χ0n) is 8.14. The van der Waals surface area contributed by atoms with Crippen molar-refractivity contribution in [2.75, 3.05) is 0 Å². The Bertz CT molecular complexity index is 380. The van der Waals surface area contributed by atoms with Crippen LogP contribution in [0.15, 0.2) is 24.4 Å². The second-order valence-corrected chi connectivity index (χ2v) is 2.39. The van der Waals surface area contributed by atoms with Crippen molar-refractivity contribution in [2.24, 2.45) is 5.73 Å². The van der Waals surface area contributed by atoms with E-state index >= 15 is 0 Å². The van der Waals surface area contributed by atoms with Gasteiger partial charge in [0.2, 0.25) is 5.88 Å². The number of carbonyl (C=O) groups excluding carboxylic acids is 1. The molecule has 9 heteroatoms. The highest BCUT2D eigenvalue weighted by atomic mass is 19.4. The SMILES string of the molecule is NC(=O)Oc1ccccn1.O=C(O)C(F)(F)F. The van der Waals surface area contributed by atoms with E-state index in [1.807, 2.05) is 0 Å². The maximum Gasteiger partial charge on any atom is 0.490 e. The molecule has 94 valence electrons. The van der Waals surface area contributed by atoms with Gasteiger partial charge in [0, 0.05) is 12.3 Å². The van der Waals surface area contributed by atoms with Crippen molar-refractivity contribution in [3.05, 3.63) is 24.4 Å². The predicted molar refractivity (Wildman–Crippen MR) is 48.1 cm³/mol. The van der Waals surface area contributed by atoms with E-state index in [9.17, 15) is 18.0 Å². The number of hydrogen-bond donors (Lipinski definition) is 2. The Hall–Kier alpha value is -2.32. The summed E-state index contributed by atoms with van der Waals surface area (Å²) in [5, 5.41) is 7.12. The first-order chi connectivity index (χ1) is 7.73. The summed E-state index contributed by atoms with van der Waals surface area (Å²) in [5.74, 6) is -2.54. The fourth-order valence-corrected chi connectivity index (χ4v) is 0.511. The summed E-state index contributed by atoms with van der Waals surface area (Å²) < 4.78 is 36.2. The number of carboxylic acids is 1. The second-order valence-electron chi connectivity index (χ2n) is 2.39. The molecule has 0 saturated heterocycles. The van der Waals surface area contributed by atoms with Gasteiger partial charge in [-0.2, -0.15) is 13.2 Å². The summed E-state index contributed by atoms with van der Waals surface area (Å²) >= 11 is 0. The Labute approximate surface area is 92.8 Å². The number of carboxylic acid groups (broad SMARTS) is 1. The number of halogens is 3. The molecule has 0 radical (unpaired) electrons. The van der Waals surface area contributed by atoms with Crippen molar-refractivity contribution in [3.8, 4) is 5.88 Å². The summed E-state index contributed by atoms with van der Waals surface area (Å²) in [6.45, 7) is 0. The van der Waals surface area contributed by atoms with Crippen LogP contribution < -0.4 is 10.5 Å². The van der Waals surface area contributed by atoms with Gasteiger partial charge >= 0.3 is 18.2 Å². The Balaban J connectivity index is 0.000000325. The minimum Gasteiger partial charge on any atom is -0.475 e. The quantitative estimate of drug-likeness (QED) is 0.780. The van der Waals surface area contributed by atoms with Crippen LogP contribution in [-0.4, -0.2) is 28.3 Å². The zero-order chi connectivity index (χ0) is 13.5. The van der Waals surface area contributed by atoms with Gasteiger partial charge in [-0.05, 0) is 6.07 Å². The van der Waals surface area contributed by atoms with Crippen molar-refractivity contribution in [1.82, 2.24) is 4.98 Å². The van der Waals surface area contributed by atoms with Gasteiger partial charge in [-0.15, -0.1) is 0 Å². The third-order valence-electron chi connectivity index (χ3n) is 1.09. The number of carbonyl (C=O) groups is 2. The van der Waals surface area contributed by atoms with Crippen LogP contribution in [0.3, 0.4) is 0 Å². The van der Waals surface area contributed by atoms with Crippen molar-refractivity contribution in [3.63, 3.8) is 0 Å². The molecule has 0 unspecified atom stereocenters. The molecule has 1 heterocycles. The summed E-state index contributed by atoms with van der Waals surface area (Å²) in [6.07, 6.45) is -4.42. The lowest BCUT2D eigenvalue weighted by atomic mass is 10.5. The van der Waals surface area contributed by atoms with Gasteiger partial charge in [-0.3, -0.25) is 0 Å². The van der Waals surface area contributed by atoms with Crippen LogP contribution in [-0.2, 0) is 4.79 Å². The van der Waals surface area contributed by atoms with Crippen molar-refractivity contribution in [1.29, 1.82) is 0 Å². The van der Waals surface area contributed by atoms with Gasteiger partial charge in [-0.1, -0.05) is 6.07 Å². The number of pyridine rings is 1. The normalized spacial score (nSPS) is 9.82. The predicted octanol–water partition coefficient (Wildman–Crippen LogP) is 1.17. The molecule has 0 saturated carbocycles. The molecule has 6 nitrogen and oxygen atoms in total. The lowest BCUT2D eigenvalue weighted by Gasteiger charge is -1.95. The number of nitrogens with zero attached hydrogens (tertiary/aromatic N) is 1. The summed E-state index contributed by atoms with van der Waals surface area (Å²) in [4.78, 5) is 22.7. The molecule has 0 aromatic carbocycles. The van der Waals surface area contributed by atoms with E-state index in [2.05, 4.69) is 9.72 Å². The first kappa shape index (κ1) is 14.7. The van der Waals surface area contributed by atoms with E-state index in [0.717, 1.165) is 0 Å². The first-order valence-electron chi connectivity index (χ1n) is 3.92. The monoisotopic (exact) mass is 252 g/mol. The number of rotatable bonds is 1. The van der Waals surface area contributed by atoms with Gasteiger partial charge in [0.1, 0.15) is 0 Å². The highest BCUT2D eigenvalue weighted by molar-refractivity contribution is 5.73. The third-order valence-corrected chi connectivity index (χ3v) is 1.09. The molecule has 1 amide bonds. The Kier molecular flexibility index (Phi) is 5.44. The van der Waals surface area contributed by atoms with E-state index in [1.165, 1.54) is 6.20 Å². The lowest BCUT2D eigenvalue weighted by Crippen LogP contribution is -2.21. The lowest BCUT2D eigenvalue weighted by molar-refractivity contribution is -0.192. The highest BCUT2D eigenvalue weighted by Gasteiger charge is 2.38. The molecule has 3 N–H and O–H groups in total. The molecule has 0 fully saturated rings. The second kappa shape index (κ2) is 6.30. The molecule has 0 aliphatic rings. The fourth-order valence-electron chi connectivity index (χ4n) is 0.511. The average molecular weight is 252 g/mol. The van der Waals surface area contributed by atoms with Gasteiger partial charge in [0.05, 0.1) is 0 Å². The largest absolute Gasteiger partial charge is 0.490 e.